The summed E-state index contributed by atoms with van der Waals surface area (Å²) in [5, 5.41) is 0. The zero-order valence-electron chi connectivity index (χ0n) is 9.86. The number of ether oxygens (including phenoxy) is 1. The van der Waals surface area contributed by atoms with Crippen LogP contribution < -0.4 is 5.73 Å². The van der Waals surface area contributed by atoms with Crippen molar-refractivity contribution in [2.45, 2.75) is 25.3 Å². The number of alkyl halides is 2. The van der Waals surface area contributed by atoms with Crippen LogP contribution in [0.15, 0.2) is 0 Å². The van der Waals surface area contributed by atoms with Gasteiger partial charge in [-0.3, -0.25) is 0 Å². The molecule has 2 aliphatic rings. The van der Waals surface area contributed by atoms with Crippen LogP contribution >= 0.6 is 12.4 Å². The standard InChI is InChI=1S/C11H20F2N2O.ClH/c12-11(13)7-16-4-3-15-5-8-1-2-10(14)9(8)6-15;/h8-11H,1-7,14H2;1H. The zero-order valence-corrected chi connectivity index (χ0v) is 10.7. The summed E-state index contributed by atoms with van der Waals surface area (Å²) in [4.78, 5) is 2.29. The molecule has 0 amide bonds. The quantitative estimate of drug-likeness (QED) is 0.767. The van der Waals surface area contributed by atoms with Gasteiger partial charge in [-0.25, -0.2) is 8.78 Å². The highest BCUT2D eigenvalue weighted by atomic mass is 35.5. The van der Waals surface area contributed by atoms with Gasteiger partial charge in [-0.2, -0.15) is 0 Å². The largest absolute Gasteiger partial charge is 0.374 e. The van der Waals surface area contributed by atoms with Gasteiger partial charge in [-0.05, 0) is 24.7 Å². The molecule has 2 fully saturated rings. The smallest absolute Gasteiger partial charge is 0.261 e. The maximum atomic E-state index is 11.8. The molecule has 0 spiro atoms. The fourth-order valence-corrected chi connectivity index (χ4v) is 2.95. The summed E-state index contributed by atoms with van der Waals surface area (Å²) in [6.45, 7) is 2.80. The normalized spacial score (nSPS) is 32.8. The predicted molar refractivity (Wildman–Crippen MR) is 64.7 cm³/mol. The molecule has 0 bridgehead atoms. The Bertz CT molecular complexity index is 234. The van der Waals surface area contributed by atoms with Crippen molar-refractivity contribution in [2.24, 2.45) is 17.6 Å². The Morgan fingerprint density at radius 3 is 2.71 bits per heavy atom. The van der Waals surface area contributed by atoms with Crippen molar-refractivity contribution in [3.05, 3.63) is 0 Å². The number of likely N-dealkylation sites (tertiary alicyclic amines) is 1. The third-order valence-electron chi connectivity index (χ3n) is 3.78. The van der Waals surface area contributed by atoms with Crippen molar-refractivity contribution in [1.29, 1.82) is 0 Å². The van der Waals surface area contributed by atoms with Crippen LogP contribution in [0.5, 0.6) is 0 Å². The molecule has 0 aromatic rings. The zero-order chi connectivity index (χ0) is 11.5. The molecule has 1 saturated heterocycles. The van der Waals surface area contributed by atoms with Crippen LogP contribution in [0.3, 0.4) is 0 Å². The lowest BCUT2D eigenvalue weighted by molar-refractivity contribution is 0.0109. The molecule has 2 N–H and O–H groups in total. The van der Waals surface area contributed by atoms with Gasteiger partial charge in [0.05, 0.1) is 6.61 Å². The van der Waals surface area contributed by atoms with Crippen molar-refractivity contribution in [1.82, 2.24) is 4.90 Å². The first-order chi connectivity index (χ1) is 7.66. The minimum absolute atomic E-state index is 0. The molecular weight excluding hydrogens is 250 g/mol. The van der Waals surface area contributed by atoms with E-state index >= 15 is 0 Å². The topological polar surface area (TPSA) is 38.5 Å². The summed E-state index contributed by atoms with van der Waals surface area (Å²) in [5.74, 6) is 1.35. The second kappa shape index (κ2) is 6.83. The lowest BCUT2D eigenvalue weighted by Gasteiger charge is -2.18. The van der Waals surface area contributed by atoms with Crippen molar-refractivity contribution >= 4 is 12.4 Å². The maximum absolute atomic E-state index is 11.8. The molecule has 3 unspecified atom stereocenters. The molecular formula is C11H21ClF2N2O. The summed E-state index contributed by atoms with van der Waals surface area (Å²) >= 11 is 0. The molecule has 2 rings (SSSR count). The molecule has 6 heteroatoms. The van der Waals surface area contributed by atoms with E-state index in [0.717, 1.165) is 32.0 Å². The van der Waals surface area contributed by atoms with Crippen LogP contribution in [0.4, 0.5) is 8.78 Å². The van der Waals surface area contributed by atoms with E-state index in [0.29, 0.717) is 18.6 Å². The highest BCUT2D eigenvalue weighted by molar-refractivity contribution is 5.85. The third-order valence-corrected chi connectivity index (χ3v) is 3.78. The van der Waals surface area contributed by atoms with Crippen LogP contribution in [0.25, 0.3) is 0 Å². The molecule has 0 aromatic carbocycles. The predicted octanol–water partition coefficient (Wildman–Crippen LogP) is 1.36. The first kappa shape index (κ1) is 15.1. The number of fused-ring (bicyclic) bond motifs is 1. The van der Waals surface area contributed by atoms with E-state index in [9.17, 15) is 8.78 Å². The van der Waals surface area contributed by atoms with E-state index in [2.05, 4.69) is 4.90 Å². The van der Waals surface area contributed by atoms with E-state index in [1.165, 1.54) is 6.42 Å². The summed E-state index contributed by atoms with van der Waals surface area (Å²) in [7, 11) is 0. The lowest BCUT2D eigenvalue weighted by atomic mass is 9.98. The average molecular weight is 271 g/mol. The van der Waals surface area contributed by atoms with Gasteiger partial charge in [0.15, 0.2) is 0 Å². The van der Waals surface area contributed by atoms with Gasteiger partial charge < -0.3 is 15.4 Å². The van der Waals surface area contributed by atoms with Crippen LogP contribution in [0, 0.1) is 11.8 Å². The van der Waals surface area contributed by atoms with Crippen molar-refractivity contribution in [3.63, 3.8) is 0 Å². The van der Waals surface area contributed by atoms with Crippen LogP contribution in [-0.4, -0.2) is 50.2 Å². The van der Waals surface area contributed by atoms with Crippen molar-refractivity contribution in [2.75, 3.05) is 32.8 Å². The molecule has 102 valence electrons. The number of rotatable bonds is 5. The summed E-state index contributed by atoms with van der Waals surface area (Å²) in [5.41, 5.74) is 6.02. The third kappa shape index (κ3) is 4.02. The Hall–Kier alpha value is 0.0300. The average Bonchev–Trinajstić information content (AvgIpc) is 2.76. The Morgan fingerprint density at radius 1 is 1.29 bits per heavy atom. The molecule has 1 saturated carbocycles. The van der Waals surface area contributed by atoms with Gasteiger partial charge in [0, 0.05) is 25.7 Å². The SMILES string of the molecule is Cl.NC1CCC2CN(CCOCC(F)F)CC12. The number of hydrogen-bond acceptors (Lipinski definition) is 3. The van der Waals surface area contributed by atoms with E-state index in [1.54, 1.807) is 0 Å². The second-order valence-corrected chi connectivity index (χ2v) is 4.89. The fourth-order valence-electron chi connectivity index (χ4n) is 2.95. The van der Waals surface area contributed by atoms with Gasteiger partial charge in [-0.1, -0.05) is 0 Å². The Labute approximate surface area is 107 Å². The number of halogens is 3. The van der Waals surface area contributed by atoms with Crippen LogP contribution in [0.1, 0.15) is 12.8 Å². The van der Waals surface area contributed by atoms with Gasteiger partial charge in [0.25, 0.3) is 6.43 Å². The molecule has 1 heterocycles. The molecule has 0 aromatic heterocycles. The first-order valence-corrected chi connectivity index (χ1v) is 6.00. The number of nitrogens with two attached hydrogens (primary N) is 1. The molecule has 3 nitrogen and oxygen atoms in total. The van der Waals surface area contributed by atoms with E-state index in [1.807, 2.05) is 0 Å². The Morgan fingerprint density at radius 2 is 2.06 bits per heavy atom. The number of nitrogens with zero attached hydrogens (tertiary/aromatic N) is 1. The maximum Gasteiger partial charge on any atom is 0.261 e. The second-order valence-electron chi connectivity index (χ2n) is 4.89. The molecule has 1 aliphatic carbocycles. The summed E-state index contributed by atoms with van der Waals surface area (Å²) in [6, 6.07) is 0.344. The highest BCUT2D eigenvalue weighted by Crippen LogP contribution is 2.36. The Kier molecular flexibility index (Phi) is 6.06. The molecule has 17 heavy (non-hydrogen) atoms. The Balaban J connectivity index is 0.00000144. The highest BCUT2D eigenvalue weighted by Gasteiger charge is 2.40. The first-order valence-electron chi connectivity index (χ1n) is 6.00. The van der Waals surface area contributed by atoms with E-state index < -0.39 is 13.0 Å². The summed E-state index contributed by atoms with van der Waals surface area (Å²) < 4.78 is 28.5. The number of hydrogen-bond donors (Lipinski definition) is 1. The minimum Gasteiger partial charge on any atom is -0.374 e. The minimum atomic E-state index is -2.36. The van der Waals surface area contributed by atoms with Gasteiger partial charge >= 0.3 is 0 Å². The monoisotopic (exact) mass is 270 g/mol. The van der Waals surface area contributed by atoms with E-state index in [4.69, 9.17) is 10.5 Å². The van der Waals surface area contributed by atoms with Crippen molar-refractivity contribution < 1.29 is 13.5 Å². The molecule has 1 aliphatic heterocycles. The van der Waals surface area contributed by atoms with Gasteiger partial charge in [0.1, 0.15) is 6.61 Å². The van der Waals surface area contributed by atoms with Crippen molar-refractivity contribution in [3.8, 4) is 0 Å². The van der Waals surface area contributed by atoms with Gasteiger partial charge in [-0.15, -0.1) is 12.4 Å². The fraction of sp³-hybridized carbons (Fsp3) is 1.00. The van der Waals surface area contributed by atoms with Crippen LogP contribution in [-0.2, 0) is 4.74 Å². The van der Waals surface area contributed by atoms with Crippen LogP contribution in [0.2, 0.25) is 0 Å². The van der Waals surface area contributed by atoms with Gasteiger partial charge in [0.2, 0.25) is 0 Å². The molecule has 3 atom stereocenters. The lowest BCUT2D eigenvalue weighted by Crippen LogP contribution is -2.31. The summed E-state index contributed by atoms with van der Waals surface area (Å²) in [6.07, 6.45) is 0.0111. The molecule has 0 radical (unpaired) electrons. The van der Waals surface area contributed by atoms with E-state index in [-0.39, 0.29) is 12.4 Å².